The van der Waals surface area contributed by atoms with E-state index in [1.54, 1.807) is 0 Å². The maximum Gasteiger partial charge on any atom is 0.0537 e. The van der Waals surface area contributed by atoms with E-state index in [9.17, 15) is 0 Å². The topological polar surface area (TPSA) is 29.9 Å². The van der Waals surface area contributed by atoms with Crippen molar-refractivity contribution in [2.45, 2.75) is 57.5 Å². The number of hydrogen-bond donors (Lipinski definition) is 1. The van der Waals surface area contributed by atoms with Gasteiger partial charge in [0.25, 0.3) is 0 Å². The third-order valence-corrected chi connectivity index (χ3v) is 6.03. The molecule has 0 spiro atoms. The minimum atomic E-state index is 0.469. The van der Waals surface area contributed by atoms with E-state index in [1.165, 1.54) is 49.8 Å². The zero-order valence-corrected chi connectivity index (χ0v) is 12.2. The second kappa shape index (κ2) is 4.08. The van der Waals surface area contributed by atoms with E-state index in [-0.39, 0.29) is 0 Å². The maximum absolute atomic E-state index is 4.36. The Bertz CT molecular complexity index is 453. The molecule has 4 fully saturated rings. The van der Waals surface area contributed by atoms with Crippen LogP contribution in [0.4, 0.5) is 0 Å². The quantitative estimate of drug-likeness (QED) is 0.904. The fourth-order valence-electron chi connectivity index (χ4n) is 5.33. The molecule has 0 saturated heterocycles. The second-order valence-corrected chi connectivity index (χ2v) is 7.43. The molecular formula is C16H25N3. The molecule has 0 amide bonds. The van der Waals surface area contributed by atoms with Gasteiger partial charge in [0.15, 0.2) is 0 Å². The van der Waals surface area contributed by atoms with Crippen molar-refractivity contribution in [3.8, 4) is 0 Å². The van der Waals surface area contributed by atoms with Crippen molar-refractivity contribution in [1.82, 2.24) is 15.1 Å². The van der Waals surface area contributed by atoms with Crippen LogP contribution in [0.25, 0.3) is 0 Å². The molecule has 1 heterocycles. The highest BCUT2D eigenvalue weighted by atomic mass is 15.3. The fraction of sp³-hybridized carbons (Fsp3) is 0.812. The number of nitrogens with one attached hydrogen (secondary N) is 1. The van der Waals surface area contributed by atoms with Crippen molar-refractivity contribution in [2.24, 2.45) is 24.8 Å². The molecule has 3 nitrogen and oxygen atoms in total. The van der Waals surface area contributed by atoms with Crippen LogP contribution in [-0.4, -0.2) is 15.3 Å². The van der Waals surface area contributed by atoms with Crippen LogP contribution in [0.15, 0.2) is 6.20 Å². The first kappa shape index (κ1) is 12.0. The Morgan fingerprint density at radius 2 is 1.79 bits per heavy atom. The lowest BCUT2D eigenvalue weighted by Gasteiger charge is -2.57. The van der Waals surface area contributed by atoms with Crippen molar-refractivity contribution in [1.29, 1.82) is 0 Å². The molecule has 3 heteroatoms. The molecule has 0 radical (unpaired) electrons. The third-order valence-electron chi connectivity index (χ3n) is 6.03. The van der Waals surface area contributed by atoms with Crippen molar-refractivity contribution in [3.63, 3.8) is 0 Å². The van der Waals surface area contributed by atoms with Crippen LogP contribution in [0.5, 0.6) is 0 Å². The summed E-state index contributed by atoms with van der Waals surface area (Å²) < 4.78 is 1.98. The van der Waals surface area contributed by atoms with Gasteiger partial charge in [-0.2, -0.15) is 5.10 Å². The Hall–Kier alpha value is -0.830. The smallest absolute Gasteiger partial charge is 0.0537 e. The van der Waals surface area contributed by atoms with Crippen molar-refractivity contribution < 1.29 is 0 Å². The minimum absolute atomic E-state index is 0.469. The molecule has 0 aliphatic heterocycles. The molecule has 1 aromatic heterocycles. The largest absolute Gasteiger partial charge is 0.307 e. The summed E-state index contributed by atoms with van der Waals surface area (Å²) in [5.74, 6) is 3.07. The molecular weight excluding hydrogens is 234 g/mol. The number of rotatable bonds is 3. The number of aryl methyl sites for hydroxylation is 1. The first-order valence-electron chi connectivity index (χ1n) is 7.86. The highest BCUT2D eigenvalue weighted by Gasteiger charge is 2.50. The Labute approximate surface area is 115 Å². The van der Waals surface area contributed by atoms with Gasteiger partial charge in [0, 0.05) is 30.4 Å². The van der Waals surface area contributed by atoms with Crippen LogP contribution in [0, 0.1) is 24.7 Å². The van der Waals surface area contributed by atoms with Gasteiger partial charge in [0.2, 0.25) is 0 Å². The minimum Gasteiger partial charge on any atom is -0.307 e. The molecule has 0 aromatic carbocycles. The first-order chi connectivity index (χ1) is 9.13. The van der Waals surface area contributed by atoms with E-state index in [1.807, 2.05) is 17.9 Å². The van der Waals surface area contributed by atoms with Gasteiger partial charge in [-0.15, -0.1) is 0 Å². The summed E-state index contributed by atoms with van der Waals surface area (Å²) >= 11 is 0. The molecule has 104 valence electrons. The molecule has 0 atom stereocenters. The van der Waals surface area contributed by atoms with E-state index in [0.717, 1.165) is 24.3 Å². The summed E-state index contributed by atoms with van der Waals surface area (Å²) in [6.07, 6.45) is 10.9. The molecule has 4 bridgehead atoms. The number of hydrogen-bond acceptors (Lipinski definition) is 2. The highest BCUT2D eigenvalue weighted by Crippen LogP contribution is 2.55. The van der Waals surface area contributed by atoms with Gasteiger partial charge in [0.05, 0.1) is 6.20 Å². The summed E-state index contributed by atoms with van der Waals surface area (Å²) in [5, 5.41) is 8.30. The Balaban J connectivity index is 1.49. The third kappa shape index (κ3) is 1.94. The summed E-state index contributed by atoms with van der Waals surface area (Å²) in [5.41, 5.74) is 3.15. The van der Waals surface area contributed by atoms with E-state index in [2.05, 4.69) is 17.3 Å². The average molecular weight is 259 g/mol. The molecule has 1 aromatic rings. The molecule has 4 aliphatic carbocycles. The standard InChI is InChI=1S/C16H25N3/c1-11-15(10-18-19(11)2)9-17-16-6-12-3-13(7-16)5-14(4-12)8-16/h10,12-14,17H,3-9H2,1-2H3. The summed E-state index contributed by atoms with van der Waals surface area (Å²) in [6, 6.07) is 0. The van der Waals surface area contributed by atoms with Gasteiger partial charge < -0.3 is 5.32 Å². The van der Waals surface area contributed by atoms with E-state index >= 15 is 0 Å². The predicted molar refractivity (Wildman–Crippen MR) is 75.7 cm³/mol. The zero-order valence-electron chi connectivity index (χ0n) is 12.2. The molecule has 0 unspecified atom stereocenters. The van der Waals surface area contributed by atoms with Crippen LogP contribution in [0.2, 0.25) is 0 Å². The van der Waals surface area contributed by atoms with Crippen molar-refractivity contribution in [2.75, 3.05) is 0 Å². The van der Waals surface area contributed by atoms with E-state index < -0.39 is 0 Å². The lowest BCUT2D eigenvalue weighted by Crippen LogP contribution is -2.58. The van der Waals surface area contributed by atoms with Gasteiger partial charge in [-0.05, 0) is 63.2 Å². The van der Waals surface area contributed by atoms with E-state index in [0.29, 0.717) is 5.54 Å². The maximum atomic E-state index is 4.36. The van der Waals surface area contributed by atoms with Crippen molar-refractivity contribution >= 4 is 0 Å². The normalized spacial score (nSPS) is 40.0. The van der Waals surface area contributed by atoms with Gasteiger partial charge in [-0.1, -0.05) is 0 Å². The molecule has 5 rings (SSSR count). The first-order valence-corrected chi connectivity index (χ1v) is 7.86. The van der Waals surface area contributed by atoms with Gasteiger partial charge in [-0.3, -0.25) is 4.68 Å². The lowest BCUT2D eigenvalue weighted by molar-refractivity contribution is -0.0206. The highest BCUT2D eigenvalue weighted by molar-refractivity contribution is 5.17. The van der Waals surface area contributed by atoms with E-state index in [4.69, 9.17) is 0 Å². The van der Waals surface area contributed by atoms with Gasteiger partial charge in [0.1, 0.15) is 0 Å². The predicted octanol–water partition coefficient (Wildman–Crippen LogP) is 2.79. The fourth-order valence-corrected chi connectivity index (χ4v) is 5.33. The average Bonchev–Trinajstić information content (AvgIpc) is 2.66. The summed E-state index contributed by atoms with van der Waals surface area (Å²) in [4.78, 5) is 0. The van der Waals surface area contributed by atoms with Crippen LogP contribution in [0.3, 0.4) is 0 Å². The SMILES string of the molecule is Cc1c(CNC23CC4CC(CC(C4)C2)C3)cnn1C. The number of aromatic nitrogens is 2. The molecule has 4 aliphatic rings. The lowest BCUT2D eigenvalue weighted by atomic mass is 9.53. The zero-order chi connectivity index (χ0) is 13.0. The van der Waals surface area contributed by atoms with Gasteiger partial charge >= 0.3 is 0 Å². The van der Waals surface area contributed by atoms with Crippen molar-refractivity contribution in [3.05, 3.63) is 17.5 Å². The Morgan fingerprint density at radius 3 is 2.26 bits per heavy atom. The van der Waals surface area contributed by atoms with Crippen LogP contribution in [-0.2, 0) is 13.6 Å². The van der Waals surface area contributed by atoms with Crippen LogP contribution >= 0.6 is 0 Å². The van der Waals surface area contributed by atoms with Gasteiger partial charge in [-0.25, -0.2) is 0 Å². The van der Waals surface area contributed by atoms with Crippen LogP contribution < -0.4 is 5.32 Å². The van der Waals surface area contributed by atoms with Crippen LogP contribution in [0.1, 0.15) is 49.8 Å². The molecule has 4 saturated carbocycles. The Morgan fingerprint density at radius 1 is 1.21 bits per heavy atom. The number of nitrogens with zero attached hydrogens (tertiary/aromatic N) is 2. The summed E-state index contributed by atoms with van der Waals surface area (Å²) in [6.45, 7) is 3.18. The molecule has 19 heavy (non-hydrogen) atoms. The monoisotopic (exact) mass is 259 g/mol. The summed E-state index contributed by atoms with van der Waals surface area (Å²) in [7, 11) is 2.03. The molecule has 1 N–H and O–H groups in total. The second-order valence-electron chi connectivity index (χ2n) is 7.43. The Kier molecular flexibility index (Phi) is 2.57.